The van der Waals surface area contributed by atoms with Gasteiger partial charge in [0.25, 0.3) is 0 Å². The van der Waals surface area contributed by atoms with Crippen LogP contribution in [-0.4, -0.2) is 86.9 Å². The highest BCUT2D eigenvalue weighted by Gasteiger charge is 2.36. The van der Waals surface area contributed by atoms with Crippen molar-refractivity contribution in [3.8, 4) is 0 Å². The molecule has 0 bridgehead atoms. The van der Waals surface area contributed by atoms with Crippen molar-refractivity contribution in [1.29, 1.82) is 0 Å². The van der Waals surface area contributed by atoms with Crippen LogP contribution < -0.4 is 10.6 Å². The molecule has 38 heavy (non-hydrogen) atoms. The summed E-state index contributed by atoms with van der Waals surface area (Å²) in [4.78, 5) is 45.0. The molecule has 2 fully saturated rings. The minimum atomic E-state index is -1.09. The second-order valence-corrected chi connectivity index (χ2v) is 11.3. The van der Waals surface area contributed by atoms with Crippen molar-refractivity contribution < 1.29 is 29.0 Å². The predicted octanol–water partition coefficient (Wildman–Crippen LogP) is 3.47. The summed E-state index contributed by atoms with van der Waals surface area (Å²) >= 11 is 0. The fourth-order valence-corrected chi connectivity index (χ4v) is 3.40. The van der Waals surface area contributed by atoms with Crippen molar-refractivity contribution in [3.63, 3.8) is 0 Å². The lowest BCUT2D eigenvalue weighted by molar-refractivity contribution is -0.127. The number of likely N-dealkylation sites (tertiary alicyclic amines) is 1. The van der Waals surface area contributed by atoms with Crippen molar-refractivity contribution in [2.45, 2.75) is 112 Å². The Morgan fingerprint density at radius 3 is 1.79 bits per heavy atom. The van der Waals surface area contributed by atoms with Crippen LogP contribution in [0.5, 0.6) is 0 Å². The van der Waals surface area contributed by atoms with Crippen molar-refractivity contribution in [1.82, 2.24) is 15.5 Å². The summed E-state index contributed by atoms with van der Waals surface area (Å²) in [6.07, 6.45) is 5.78. The lowest BCUT2D eigenvalue weighted by Crippen LogP contribution is -2.50. The number of hydrogen-bond acceptors (Lipinski definition) is 7. The first-order valence-corrected chi connectivity index (χ1v) is 14.0. The number of rotatable bonds is 10. The second-order valence-electron chi connectivity index (χ2n) is 11.3. The molecule has 1 saturated heterocycles. The molecule has 0 aromatic rings. The largest absolute Gasteiger partial charge is 0.388 e. The van der Waals surface area contributed by atoms with Crippen LogP contribution in [0.15, 0.2) is 0 Å². The number of methoxy groups -OCH3 is 1. The Hall–Kier alpha value is -1.84. The Bertz CT molecular complexity index is 594. The summed E-state index contributed by atoms with van der Waals surface area (Å²) in [5.41, 5.74) is 0. The first kappa shape index (κ1) is 40.7. The molecule has 0 spiro atoms. The number of nitrogens with one attached hydrogen (secondary N) is 2. The average Bonchev–Trinajstić information content (AvgIpc) is 3.58. The van der Waals surface area contributed by atoms with Crippen LogP contribution >= 0.6 is 0 Å². The number of aldehydes is 2. The molecule has 0 aromatic heterocycles. The van der Waals surface area contributed by atoms with E-state index in [0.717, 1.165) is 38.0 Å². The highest BCUT2D eigenvalue weighted by atomic mass is 16.4. The van der Waals surface area contributed by atoms with Gasteiger partial charge < -0.3 is 30.1 Å². The fourth-order valence-electron chi connectivity index (χ4n) is 3.40. The van der Waals surface area contributed by atoms with Crippen LogP contribution in [0.3, 0.4) is 0 Å². The van der Waals surface area contributed by atoms with Crippen LogP contribution in [0, 0.1) is 23.7 Å². The van der Waals surface area contributed by atoms with Gasteiger partial charge in [0, 0.05) is 20.8 Å². The van der Waals surface area contributed by atoms with E-state index >= 15 is 0 Å². The second kappa shape index (κ2) is 25.4. The monoisotopic (exact) mass is 545 g/mol. The van der Waals surface area contributed by atoms with Crippen molar-refractivity contribution >= 4 is 24.9 Å². The van der Waals surface area contributed by atoms with Gasteiger partial charge in [-0.25, -0.2) is 0 Å². The molecule has 2 rings (SSSR count). The molecule has 0 radical (unpaired) electrons. The number of carbonyl (C=O) groups excluding carboxylic acids is 4. The molecule has 0 aromatic carbocycles. The lowest BCUT2D eigenvalue weighted by Gasteiger charge is -2.25. The molecule has 226 valence electrons. The Balaban J connectivity index is -0.000000536. The Labute approximate surface area is 232 Å². The molecule has 9 heteroatoms. The van der Waals surface area contributed by atoms with Gasteiger partial charge in [-0.3, -0.25) is 14.5 Å². The highest BCUT2D eigenvalue weighted by molar-refractivity contribution is 5.82. The van der Waals surface area contributed by atoms with E-state index in [1.807, 2.05) is 25.8 Å². The van der Waals surface area contributed by atoms with E-state index in [9.17, 15) is 24.3 Å². The van der Waals surface area contributed by atoms with Gasteiger partial charge in [0.1, 0.15) is 12.4 Å². The van der Waals surface area contributed by atoms with Crippen LogP contribution in [0.4, 0.5) is 0 Å². The van der Waals surface area contributed by atoms with Gasteiger partial charge in [0.15, 0.2) is 6.29 Å². The van der Waals surface area contributed by atoms with Crippen LogP contribution in [0.2, 0.25) is 0 Å². The Morgan fingerprint density at radius 2 is 1.53 bits per heavy atom. The smallest absolute Gasteiger partial charge is 0.237 e. The van der Waals surface area contributed by atoms with E-state index in [1.165, 1.54) is 6.42 Å². The standard InChI is InChI=1S/C14H24N2O3.C6H11NO2.C4H10.C3H8.C2H6O/c1-9-5-12(16(2)7-9)14(19)15-11(13(18)8-17)6-10-3-4-10;1-5(2)6(3-8)7-4-9;1-4(2)3;2*1-3-2/h8-13,18H,3-7H2,1-2H3,(H,15,19);3-6H,1-2H3,(H,7,9);4H,1-3H3;3H2,1-2H3;1-2H3/t9-,11?,12?,13?;6-;;;/m11.../s1. The van der Waals surface area contributed by atoms with Gasteiger partial charge in [0.2, 0.25) is 12.3 Å². The first-order valence-electron chi connectivity index (χ1n) is 14.0. The number of amides is 2. The number of likely N-dealkylation sites (N-methyl/N-ethyl adjacent to an activating group) is 1. The summed E-state index contributed by atoms with van der Waals surface area (Å²) in [5, 5.41) is 15.0. The van der Waals surface area contributed by atoms with E-state index < -0.39 is 12.1 Å². The third-order valence-corrected chi connectivity index (χ3v) is 5.35. The third kappa shape index (κ3) is 23.3. The molecule has 3 N–H and O–H groups in total. The summed E-state index contributed by atoms with van der Waals surface area (Å²) in [6.45, 7) is 17.5. The minimum absolute atomic E-state index is 0.0570. The summed E-state index contributed by atoms with van der Waals surface area (Å²) in [6, 6.07) is -0.889. The summed E-state index contributed by atoms with van der Waals surface area (Å²) < 4.78 is 4.25. The molecule has 1 aliphatic heterocycles. The van der Waals surface area contributed by atoms with Crippen molar-refractivity contribution in [3.05, 3.63) is 0 Å². The van der Waals surface area contributed by atoms with Gasteiger partial charge >= 0.3 is 0 Å². The molecule has 2 amide bonds. The molecule has 5 atom stereocenters. The number of hydrogen-bond donors (Lipinski definition) is 3. The van der Waals surface area contributed by atoms with Crippen molar-refractivity contribution in [2.75, 3.05) is 27.8 Å². The number of nitrogens with zero attached hydrogens (tertiary/aromatic N) is 1. The summed E-state index contributed by atoms with van der Waals surface area (Å²) in [7, 11) is 5.19. The zero-order valence-electron chi connectivity index (χ0n) is 26.0. The molecule has 2 aliphatic rings. The fraction of sp³-hybridized carbons (Fsp3) is 0.862. The zero-order valence-corrected chi connectivity index (χ0v) is 26.0. The number of ether oxygens (including phenoxy) is 1. The van der Waals surface area contributed by atoms with Gasteiger partial charge in [-0.15, -0.1) is 0 Å². The quantitative estimate of drug-likeness (QED) is 0.359. The van der Waals surface area contributed by atoms with E-state index in [0.29, 0.717) is 31.0 Å². The number of carbonyl (C=O) groups is 4. The molecule has 1 aliphatic carbocycles. The van der Waals surface area contributed by atoms with E-state index in [1.54, 1.807) is 14.2 Å². The van der Waals surface area contributed by atoms with Gasteiger partial charge in [-0.1, -0.05) is 74.7 Å². The lowest BCUT2D eigenvalue weighted by atomic mass is 10.0. The van der Waals surface area contributed by atoms with E-state index in [4.69, 9.17) is 0 Å². The minimum Gasteiger partial charge on any atom is -0.388 e. The zero-order chi connectivity index (χ0) is 30.3. The van der Waals surface area contributed by atoms with E-state index in [-0.39, 0.29) is 23.9 Å². The maximum atomic E-state index is 12.3. The van der Waals surface area contributed by atoms with Crippen LogP contribution in [0.1, 0.15) is 87.5 Å². The normalized spacial score (nSPS) is 20.4. The third-order valence-electron chi connectivity index (χ3n) is 5.35. The first-order chi connectivity index (χ1) is 17.8. The number of aliphatic hydroxyl groups is 1. The maximum absolute atomic E-state index is 12.3. The van der Waals surface area contributed by atoms with Gasteiger partial charge in [-0.05, 0) is 43.6 Å². The van der Waals surface area contributed by atoms with Crippen molar-refractivity contribution in [2.24, 2.45) is 23.7 Å². The van der Waals surface area contributed by atoms with Gasteiger partial charge in [0.05, 0.1) is 18.1 Å². The predicted molar refractivity (Wildman–Crippen MR) is 155 cm³/mol. The SMILES string of the molecule is CC(C)C.CC(C)[C@@H](C=O)NC=O.CCC.COC.C[C@@H]1CC(C(=O)NC(CC2CC2)C(O)C=O)N(C)C1. The van der Waals surface area contributed by atoms with Gasteiger partial charge in [-0.2, -0.15) is 0 Å². The molecular weight excluding hydrogens is 486 g/mol. The Morgan fingerprint density at radius 1 is 1.05 bits per heavy atom. The molecule has 1 heterocycles. The maximum Gasteiger partial charge on any atom is 0.237 e. The molecule has 3 unspecified atom stereocenters. The molecule has 9 nitrogen and oxygen atoms in total. The number of aliphatic hydroxyl groups excluding tert-OH is 1. The average molecular weight is 546 g/mol. The van der Waals surface area contributed by atoms with E-state index in [2.05, 4.69) is 56.9 Å². The Kier molecular flexibility index (Phi) is 27.2. The molecule has 1 saturated carbocycles. The van der Waals surface area contributed by atoms with Crippen LogP contribution in [0.25, 0.3) is 0 Å². The topological polar surface area (TPSA) is 125 Å². The summed E-state index contributed by atoms with van der Waals surface area (Å²) in [5.74, 6) is 2.02. The van der Waals surface area contributed by atoms with Crippen LogP contribution in [-0.2, 0) is 23.9 Å². The highest BCUT2D eigenvalue weighted by Crippen LogP contribution is 2.34. The molecular formula is C29H59N3O6.